The van der Waals surface area contributed by atoms with Crippen LogP contribution >= 0.6 is 0 Å². The Hall–Kier alpha value is -1.44. The number of carbonyl (C=O) groups excluding carboxylic acids is 2. The van der Waals surface area contributed by atoms with Gasteiger partial charge < -0.3 is 0 Å². The molecule has 0 unspecified atom stereocenters. The normalized spacial score (nSPS) is 28.5. The zero-order valence-electron chi connectivity index (χ0n) is 9.11. The highest BCUT2D eigenvalue weighted by Crippen LogP contribution is 2.42. The first kappa shape index (κ1) is 9.76. The predicted molar refractivity (Wildman–Crippen MR) is 60.2 cm³/mol. The number of Topliss-reactive ketones (excluding diaryl/α,β-unsaturated/α-hetero) is 2. The summed E-state index contributed by atoms with van der Waals surface area (Å²) in [5, 5.41) is 0. The summed E-state index contributed by atoms with van der Waals surface area (Å²) < 4.78 is 0. The highest BCUT2D eigenvalue weighted by Gasteiger charge is 2.39. The number of hydrogen-bond acceptors (Lipinski definition) is 2. The first-order valence-corrected chi connectivity index (χ1v) is 5.88. The topological polar surface area (TPSA) is 34.1 Å². The lowest BCUT2D eigenvalue weighted by Crippen LogP contribution is -2.35. The van der Waals surface area contributed by atoms with Crippen molar-refractivity contribution < 1.29 is 9.59 Å². The molecule has 82 valence electrons. The van der Waals surface area contributed by atoms with Crippen molar-refractivity contribution >= 4 is 11.6 Å². The molecule has 2 aliphatic carbocycles. The fourth-order valence-corrected chi connectivity index (χ4v) is 3.13. The molecule has 1 aromatic rings. The molecule has 2 heteroatoms. The Balaban J connectivity index is 2.04. The maximum absolute atomic E-state index is 11.8. The van der Waals surface area contributed by atoms with Gasteiger partial charge in [-0.25, -0.2) is 0 Å². The number of ketones is 2. The van der Waals surface area contributed by atoms with Gasteiger partial charge in [0.2, 0.25) is 0 Å². The molecule has 1 fully saturated rings. The minimum absolute atomic E-state index is 0.104. The number of rotatable bonds is 0. The van der Waals surface area contributed by atoms with E-state index in [0.717, 1.165) is 12.8 Å². The monoisotopic (exact) mass is 214 g/mol. The maximum Gasteiger partial charge on any atom is 0.143 e. The third-order valence-electron chi connectivity index (χ3n) is 3.90. The molecule has 16 heavy (non-hydrogen) atoms. The van der Waals surface area contributed by atoms with Crippen LogP contribution in [0.5, 0.6) is 0 Å². The molecule has 0 spiro atoms. The summed E-state index contributed by atoms with van der Waals surface area (Å²) in [6, 6.07) is 8.24. The number of aryl methyl sites for hydroxylation is 1. The minimum Gasteiger partial charge on any atom is -0.299 e. The molecule has 0 N–H and O–H groups in total. The van der Waals surface area contributed by atoms with Gasteiger partial charge in [-0.15, -0.1) is 0 Å². The van der Waals surface area contributed by atoms with E-state index in [1.807, 2.05) is 12.1 Å². The molecule has 0 bridgehead atoms. The Kier molecular flexibility index (Phi) is 2.16. The van der Waals surface area contributed by atoms with E-state index in [9.17, 15) is 9.59 Å². The molecule has 1 aromatic carbocycles. The quantitative estimate of drug-likeness (QED) is 0.621. The van der Waals surface area contributed by atoms with Crippen molar-refractivity contribution in [3.8, 4) is 0 Å². The number of benzene rings is 1. The van der Waals surface area contributed by atoms with Crippen LogP contribution in [0.15, 0.2) is 24.3 Å². The summed E-state index contributed by atoms with van der Waals surface area (Å²) >= 11 is 0. The van der Waals surface area contributed by atoms with Crippen molar-refractivity contribution in [3.63, 3.8) is 0 Å². The summed E-state index contributed by atoms with van der Waals surface area (Å²) in [7, 11) is 0. The number of carbonyl (C=O) groups is 2. The van der Waals surface area contributed by atoms with Crippen LogP contribution in [0.1, 0.15) is 36.3 Å². The van der Waals surface area contributed by atoms with Gasteiger partial charge in [0.05, 0.1) is 6.42 Å². The lowest BCUT2D eigenvalue weighted by Gasteiger charge is -2.35. The third-order valence-corrected chi connectivity index (χ3v) is 3.90. The Labute approximate surface area is 94.7 Å². The molecular formula is C14H14O2. The van der Waals surface area contributed by atoms with E-state index < -0.39 is 0 Å². The van der Waals surface area contributed by atoms with Crippen LogP contribution in [0.4, 0.5) is 0 Å². The molecule has 2 atom stereocenters. The first-order chi connectivity index (χ1) is 7.75. The van der Waals surface area contributed by atoms with Crippen molar-refractivity contribution in [1.29, 1.82) is 0 Å². The zero-order valence-corrected chi connectivity index (χ0v) is 9.11. The molecule has 0 amide bonds. The summed E-state index contributed by atoms with van der Waals surface area (Å²) in [6.45, 7) is 0. The molecular weight excluding hydrogens is 200 g/mol. The molecule has 3 rings (SSSR count). The van der Waals surface area contributed by atoms with Gasteiger partial charge >= 0.3 is 0 Å². The second-order valence-electron chi connectivity index (χ2n) is 4.84. The van der Waals surface area contributed by atoms with Crippen molar-refractivity contribution in [2.45, 2.75) is 31.6 Å². The lowest BCUT2D eigenvalue weighted by atomic mass is 9.67. The van der Waals surface area contributed by atoms with E-state index in [1.165, 1.54) is 11.1 Å². The average Bonchev–Trinajstić information content (AvgIpc) is 2.28. The van der Waals surface area contributed by atoms with Crippen LogP contribution in [0.3, 0.4) is 0 Å². The van der Waals surface area contributed by atoms with Gasteiger partial charge in [-0.05, 0) is 24.0 Å². The van der Waals surface area contributed by atoms with Gasteiger partial charge in [0, 0.05) is 18.3 Å². The summed E-state index contributed by atoms with van der Waals surface area (Å²) in [4.78, 5) is 23.3. The van der Waals surface area contributed by atoms with Crippen molar-refractivity contribution in [3.05, 3.63) is 35.4 Å². The summed E-state index contributed by atoms with van der Waals surface area (Å²) in [5.41, 5.74) is 2.56. The van der Waals surface area contributed by atoms with Gasteiger partial charge in [-0.1, -0.05) is 24.3 Å². The van der Waals surface area contributed by atoms with Gasteiger partial charge in [0.15, 0.2) is 0 Å². The fourth-order valence-electron chi connectivity index (χ4n) is 3.13. The van der Waals surface area contributed by atoms with E-state index in [4.69, 9.17) is 0 Å². The number of hydrogen-bond donors (Lipinski definition) is 0. The average molecular weight is 214 g/mol. The predicted octanol–water partition coefficient (Wildman–Crippen LogP) is 2.26. The smallest absolute Gasteiger partial charge is 0.143 e. The molecule has 0 aromatic heterocycles. The fraction of sp³-hybridized carbons (Fsp3) is 0.429. The Morgan fingerprint density at radius 1 is 1.06 bits per heavy atom. The Morgan fingerprint density at radius 2 is 1.88 bits per heavy atom. The molecule has 0 heterocycles. The van der Waals surface area contributed by atoms with Crippen LogP contribution in [-0.2, 0) is 16.0 Å². The van der Waals surface area contributed by atoms with Gasteiger partial charge in [-0.2, -0.15) is 0 Å². The molecule has 0 radical (unpaired) electrons. The van der Waals surface area contributed by atoms with E-state index in [0.29, 0.717) is 6.42 Å². The Bertz CT molecular complexity index is 462. The van der Waals surface area contributed by atoms with E-state index in [1.54, 1.807) is 0 Å². The molecule has 2 nitrogen and oxygen atoms in total. The third kappa shape index (κ3) is 1.41. The second-order valence-corrected chi connectivity index (χ2v) is 4.84. The summed E-state index contributed by atoms with van der Waals surface area (Å²) in [6.07, 6.45) is 2.64. The van der Waals surface area contributed by atoms with Crippen LogP contribution < -0.4 is 0 Å². The molecule has 0 aliphatic heterocycles. The van der Waals surface area contributed by atoms with Crippen LogP contribution in [0.25, 0.3) is 0 Å². The zero-order chi connectivity index (χ0) is 11.1. The SMILES string of the molecule is O=C1CC(=O)[C@@H]2CCc3ccccc3[C@@H]2C1. The minimum atomic E-state index is 0.104. The molecule has 1 saturated carbocycles. The molecule has 2 aliphatic rings. The standard InChI is InChI=1S/C14H14O2/c15-10-7-13-11-4-2-1-3-9(11)5-6-12(13)14(16)8-10/h1-4,12-13H,5-8H2/t12-,13+/m1/s1. The van der Waals surface area contributed by atoms with Crippen LogP contribution in [-0.4, -0.2) is 11.6 Å². The second kappa shape index (κ2) is 3.55. The first-order valence-electron chi connectivity index (χ1n) is 5.88. The van der Waals surface area contributed by atoms with E-state index >= 15 is 0 Å². The van der Waals surface area contributed by atoms with Crippen molar-refractivity contribution in [2.24, 2.45) is 5.92 Å². The van der Waals surface area contributed by atoms with Crippen molar-refractivity contribution in [1.82, 2.24) is 0 Å². The Morgan fingerprint density at radius 3 is 2.75 bits per heavy atom. The van der Waals surface area contributed by atoms with Gasteiger partial charge in [0.25, 0.3) is 0 Å². The van der Waals surface area contributed by atoms with Gasteiger partial charge in [0.1, 0.15) is 11.6 Å². The highest BCUT2D eigenvalue weighted by atomic mass is 16.1. The van der Waals surface area contributed by atoms with Crippen molar-refractivity contribution in [2.75, 3.05) is 0 Å². The summed E-state index contributed by atoms with van der Waals surface area (Å²) in [5.74, 6) is 0.546. The molecule has 0 saturated heterocycles. The van der Waals surface area contributed by atoms with Crippen LogP contribution in [0, 0.1) is 5.92 Å². The maximum atomic E-state index is 11.8. The van der Waals surface area contributed by atoms with E-state index in [2.05, 4.69) is 12.1 Å². The number of fused-ring (bicyclic) bond motifs is 3. The lowest BCUT2D eigenvalue weighted by molar-refractivity contribution is -0.134. The van der Waals surface area contributed by atoms with Gasteiger partial charge in [-0.3, -0.25) is 9.59 Å². The van der Waals surface area contributed by atoms with E-state index in [-0.39, 0.29) is 29.8 Å². The van der Waals surface area contributed by atoms with Crippen LogP contribution in [0.2, 0.25) is 0 Å². The highest BCUT2D eigenvalue weighted by molar-refractivity contribution is 6.03. The largest absolute Gasteiger partial charge is 0.299 e.